The number of hydrogen-bond acceptors (Lipinski definition) is 4. The summed E-state index contributed by atoms with van der Waals surface area (Å²) in [6.45, 7) is 2.32. The van der Waals surface area contributed by atoms with E-state index >= 15 is 0 Å². The minimum Gasteiger partial charge on any atom is -0.492 e. The van der Waals surface area contributed by atoms with Gasteiger partial charge in [0.25, 0.3) is 11.8 Å². The standard InChI is InChI=1S/C18H18BrClN2O4/c1-2-9-25-15-8-7-12(10-13(15)19)18(24)22-21-17(23)11-26-16-6-4-3-5-14(16)20/h3-8,10H,2,9,11H2,1H3,(H,21,23)(H,22,24). The first-order valence-corrected chi connectivity index (χ1v) is 9.07. The molecule has 8 heteroatoms. The van der Waals surface area contributed by atoms with Crippen molar-refractivity contribution in [3.05, 3.63) is 57.5 Å². The van der Waals surface area contributed by atoms with Crippen molar-refractivity contribution in [1.29, 1.82) is 0 Å². The fourth-order valence-corrected chi connectivity index (χ4v) is 2.59. The van der Waals surface area contributed by atoms with E-state index in [1.54, 1.807) is 42.5 Å². The molecule has 0 saturated heterocycles. The third kappa shape index (κ3) is 5.93. The van der Waals surface area contributed by atoms with Gasteiger partial charge in [-0.1, -0.05) is 30.7 Å². The molecule has 0 aliphatic heterocycles. The number of carbonyl (C=O) groups excluding carboxylic acids is 2. The summed E-state index contributed by atoms with van der Waals surface area (Å²) in [6, 6.07) is 11.7. The van der Waals surface area contributed by atoms with Gasteiger partial charge in [0.15, 0.2) is 6.61 Å². The van der Waals surface area contributed by atoms with Crippen LogP contribution in [0.4, 0.5) is 0 Å². The summed E-state index contributed by atoms with van der Waals surface area (Å²) in [7, 11) is 0. The van der Waals surface area contributed by atoms with Crippen LogP contribution in [0.5, 0.6) is 11.5 Å². The number of nitrogens with one attached hydrogen (secondary N) is 2. The number of halogens is 2. The van der Waals surface area contributed by atoms with Gasteiger partial charge in [0.05, 0.1) is 16.1 Å². The third-order valence-electron chi connectivity index (χ3n) is 3.17. The fraction of sp³-hybridized carbons (Fsp3) is 0.222. The number of benzene rings is 2. The number of amides is 2. The van der Waals surface area contributed by atoms with E-state index in [0.717, 1.165) is 6.42 Å². The molecule has 0 bridgehead atoms. The van der Waals surface area contributed by atoms with E-state index in [0.29, 0.717) is 33.2 Å². The molecule has 0 unspecified atom stereocenters. The highest BCUT2D eigenvalue weighted by molar-refractivity contribution is 9.10. The van der Waals surface area contributed by atoms with E-state index in [9.17, 15) is 9.59 Å². The number of hydrazine groups is 1. The van der Waals surface area contributed by atoms with E-state index in [-0.39, 0.29) is 6.61 Å². The van der Waals surface area contributed by atoms with Crippen LogP contribution in [0.25, 0.3) is 0 Å². The molecule has 0 aliphatic carbocycles. The van der Waals surface area contributed by atoms with Gasteiger partial charge >= 0.3 is 0 Å². The van der Waals surface area contributed by atoms with E-state index in [2.05, 4.69) is 26.8 Å². The van der Waals surface area contributed by atoms with Crippen molar-refractivity contribution in [3.63, 3.8) is 0 Å². The van der Waals surface area contributed by atoms with Crippen LogP contribution in [0, 0.1) is 0 Å². The predicted molar refractivity (Wildman–Crippen MR) is 102 cm³/mol. The summed E-state index contributed by atoms with van der Waals surface area (Å²) in [6.07, 6.45) is 0.886. The average Bonchev–Trinajstić information content (AvgIpc) is 2.64. The molecule has 0 aromatic heterocycles. The van der Waals surface area contributed by atoms with E-state index in [4.69, 9.17) is 21.1 Å². The molecule has 2 aromatic rings. The molecule has 0 aliphatic rings. The number of ether oxygens (including phenoxy) is 2. The second-order valence-corrected chi connectivity index (χ2v) is 6.48. The number of carbonyl (C=O) groups is 2. The van der Waals surface area contributed by atoms with E-state index in [1.807, 2.05) is 6.92 Å². The lowest BCUT2D eigenvalue weighted by molar-refractivity contribution is -0.123. The summed E-state index contributed by atoms with van der Waals surface area (Å²) < 4.78 is 11.5. The van der Waals surface area contributed by atoms with Crippen molar-refractivity contribution in [1.82, 2.24) is 10.9 Å². The Morgan fingerprint density at radius 2 is 1.85 bits per heavy atom. The van der Waals surface area contributed by atoms with Gasteiger partial charge in [-0.15, -0.1) is 0 Å². The smallest absolute Gasteiger partial charge is 0.276 e. The summed E-state index contributed by atoms with van der Waals surface area (Å²) in [5.41, 5.74) is 4.98. The Hall–Kier alpha value is -2.25. The van der Waals surface area contributed by atoms with Crippen molar-refractivity contribution in [2.45, 2.75) is 13.3 Å². The largest absolute Gasteiger partial charge is 0.492 e. The maximum Gasteiger partial charge on any atom is 0.276 e. The van der Waals surface area contributed by atoms with Crippen LogP contribution in [0.1, 0.15) is 23.7 Å². The summed E-state index contributed by atoms with van der Waals surface area (Å²) in [5.74, 6) is 0.0712. The SMILES string of the molecule is CCCOc1ccc(C(=O)NNC(=O)COc2ccccc2Cl)cc1Br. The third-order valence-corrected chi connectivity index (χ3v) is 4.10. The fourth-order valence-electron chi connectivity index (χ4n) is 1.91. The van der Waals surface area contributed by atoms with Gasteiger partial charge in [-0.25, -0.2) is 0 Å². The summed E-state index contributed by atoms with van der Waals surface area (Å²) in [4.78, 5) is 23.9. The van der Waals surface area contributed by atoms with Crippen molar-refractivity contribution in [2.75, 3.05) is 13.2 Å². The maximum atomic E-state index is 12.1. The first-order chi connectivity index (χ1) is 12.5. The Morgan fingerprint density at radius 3 is 2.54 bits per heavy atom. The zero-order chi connectivity index (χ0) is 18.9. The van der Waals surface area contributed by atoms with E-state index < -0.39 is 11.8 Å². The minimum atomic E-state index is -0.514. The lowest BCUT2D eigenvalue weighted by atomic mass is 10.2. The van der Waals surface area contributed by atoms with Gasteiger partial charge in [0.2, 0.25) is 0 Å². The van der Waals surface area contributed by atoms with Gasteiger partial charge in [0.1, 0.15) is 11.5 Å². The van der Waals surface area contributed by atoms with Gasteiger partial charge in [0, 0.05) is 5.56 Å². The van der Waals surface area contributed by atoms with E-state index in [1.165, 1.54) is 0 Å². The molecule has 0 atom stereocenters. The van der Waals surface area contributed by atoms with Gasteiger partial charge in [-0.3, -0.25) is 20.4 Å². The zero-order valence-electron chi connectivity index (χ0n) is 14.1. The molecule has 2 amide bonds. The van der Waals surface area contributed by atoms with Gasteiger partial charge in [-0.05, 0) is 52.7 Å². The highest BCUT2D eigenvalue weighted by Crippen LogP contribution is 2.26. The molecule has 2 N–H and O–H groups in total. The zero-order valence-corrected chi connectivity index (χ0v) is 16.4. The van der Waals surface area contributed by atoms with Crippen LogP contribution in [0.2, 0.25) is 5.02 Å². The van der Waals surface area contributed by atoms with Crippen LogP contribution >= 0.6 is 27.5 Å². The summed E-state index contributed by atoms with van der Waals surface area (Å²) in [5, 5.41) is 0.402. The maximum absolute atomic E-state index is 12.1. The lowest BCUT2D eigenvalue weighted by Crippen LogP contribution is -2.43. The van der Waals surface area contributed by atoms with Crippen molar-refractivity contribution < 1.29 is 19.1 Å². The molecule has 0 heterocycles. The van der Waals surface area contributed by atoms with Crippen LogP contribution < -0.4 is 20.3 Å². The van der Waals surface area contributed by atoms with Crippen molar-refractivity contribution in [3.8, 4) is 11.5 Å². The number of rotatable bonds is 7. The minimum absolute atomic E-state index is 0.280. The molecule has 0 saturated carbocycles. The lowest BCUT2D eigenvalue weighted by Gasteiger charge is -2.11. The Morgan fingerprint density at radius 1 is 1.08 bits per heavy atom. The van der Waals surface area contributed by atoms with Crippen LogP contribution in [0.3, 0.4) is 0 Å². The normalized spacial score (nSPS) is 10.1. The monoisotopic (exact) mass is 440 g/mol. The molecule has 0 fully saturated rings. The Bertz CT molecular complexity index is 786. The van der Waals surface area contributed by atoms with Gasteiger partial charge < -0.3 is 9.47 Å². The molecule has 2 aromatic carbocycles. The summed E-state index contributed by atoms with van der Waals surface area (Å²) >= 11 is 9.29. The molecule has 2 rings (SSSR count). The molecular formula is C18H18BrClN2O4. The van der Waals surface area contributed by atoms with Crippen molar-refractivity contribution in [2.24, 2.45) is 0 Å². The van der Waals surface area contributed by atoms with Crippen molar-refractivity contribution >= 4 is 39.3 Å². The molecular weight excluding hydrogens is 424 g/mol. The van der Waals surface area contributed by atoms with Crippen LogP contribution in [0.15, 0.2) is 46.9 Å². The molecule has 26 heavy (non-hydrogen) atoms. The molecule has 0 spiro atoms. The number of hydrogen-bond donors (Lipinski definition) is 2. The van der Waals surface area contributed by atoms with Crippen LogP contribution in [-0.2, 0) is 4.79 Å². The van der Waals surface area contributed by atoms with Crippen LogP contribution in [-0.4, -0.2) is 25.0 Å². The Balaban J connectivity index is 1.83. The van der Waals surface area contributed by atoms with Gasteiger partial charge in [-0.2, -0.15) is 0 Å². The average molecular weight is 442 g/mol. The first-order valence-electron chi connectivity index (χ1n) is 7.90. The quantitative estimate of drug-likeness (QED) is 0.642. The highest BCUT2D eigenvalue weighted by atomic mass is 79.9. The Labute approximate surface area is 164 Å². The highest BCUT2D eigenvalue weighted by Gasteiger charge is 2.11. The predicted octanol–water partition coefficient (Wildman–Crippen LogP) is 3.73. The molecule has 6 nitrogen and oxygen atoms in total. The number of para-hydroxylation sites is 1. The Kier molecular flexibility index (Phi) is 7.74. The first kappa shape index (κ1) is 20.1. The second-order valence-electron chi connectivity index (χ2n) is 5.22. The second kappa shape index (κ2) is 10.0. The molecule has 138 valence electrons. The topological polar surface area (TPSA) is 76.7 Å². The molecule has 0 radical (unpaired) electrons.